The summed E-state index contributed by atoms with van der Waals surface area (Å²) >= 11 is 0. The van der Waals surface area contributed by atoms with Crippen LogP contribution in [-0.4, -0.2) is 47.0 Å². The van der Waals surface area contributed by atoms with Gasteiger partial charge in [-0.3, -0.25) is 9.88 Å². The molecule has 2 heterocycles. The van der Waals surface area contributed by atoms with Crippen LogP contribution in [0.5, 0.6) is 11.5 Å². The number of amides is 2. The molecule has 3 aromatic rings. The standard InChI is InChI=1S/C24H23F3N4O2.2ClH/c25-24(26,27)19-6-8-21(9-7-19)33-22-5-1-3-18(15-22)17-30-11-13-31(14-12-30)23(32)29-20-4-2-10-28-16-20;;/h1-10,15-16H,11-14,17H2,(H,29,32);2*1H. The lowest BCUT2D eigenvalue weighted by Crippen LogP contribution is -2.49. The van der Waals surface area contributed by atoms with Gasteiger partial charge in [-0.2, -0.15) is 13.2 Å². The first kappa shape index (κ1) is 28.2. The normalized spacial score (nSPS) is 13.9. The molecule has 0 saturated carbocycles. The van der Waals surface area contributed by atoms with Gasteiger partial charge in [0.25, 0.3) is 0 Å². The highest BCUT2D eigenvalue weighted by molar-refractivity contribution is 5.89. The highest BCUT2D eigenvalue weighted by Gasteiger charge is 2.30. The van der Waals surface area contributed by atoms with Crippen LogP contribution >= 0.6 is 24.8 Å². The zero-order valence-electron chi connectivity index (χ0n) is 18.6. The maximum atomic E-state index is 12.7. The molecule has 2 aromatic carbocycles. The van der Waals surface area contributed by atoms with Crippen molar-refractivity contribution in [1.82, 2.24) is 14.8 Å². The summed E-state index contributed by atoms with van der Waals surface area (Å²) in [5, 5.41) is 2.85. The second kappa shape index (κ2) is 12.6. The van der Waals surface area contributed by atoms with Crippen LogP contribution in [0.25, 0.3) is 0 Å². The van der Waals surface area contributed by atoms with Gasteiger partial charge in [0.05, 0.1) is 17.4 Å². The second-order valence-electron chi connectivity index (χ2n) is 7.71. The lowest BCUT2D eigenvalue weighted by Gasteiger charge is -2.34. The summed E-state index contributed by atoms with van der Waals surface area (Å²) in [6, 6.07) is 15.5. The predicted molar refractivity (Wildman–Crippen MR) is 133 cm³/mol. The molecular weight excluding hydrogens is 504 g/mol. The van der Waals surface area contributed by atoms with Gasteiger partial charge in [0.15, 0.2) is 0 Å². The minimum absolute atomic E-state index is 0. The van der Waals surface area contributed by atoms with Crippen molar-refractivity contribution in [3.8, 4) is 11.5 Å². The Bertz CT molecular complexity index is 1080. The third-order valence-corrected chi connectivity index (χ3v) is 5.29. The van der Waals surface area contributed by atoms with Gasteiger partial charge >= 0.3 is 12.2 Å². The third-order valence-electron chi connectivity index (χ3n) is 5.29. The number of nitrogens with zero attached hydrogens (tertiary/aromatic N) is 3. The number of alkyl halides is 3. The summed E-state index contributed by atoms with van der Waals surface area (Å²) in [4.78, 5) is 20.4. The number of carbonyl (C=O) groups excluding carboxylic acids is 1. The van der Waals surface area contributed by atoms with E-state index >= 15 is 0 Å². The maximum absolute atomic E-state index is 12.7. The monoisotopic (exact) mass is 528 g/mol. The number of hydrogen-bond acceptors (Lipinski definition) is 4. The lowest BCUT2D eigenvalue weighted by molar-refractivity contribution is -0.137. The topological polar surface area (TPSA) is 57.7 Å². The van der Waals surface area contributed by atoms with Crippen LogP contribution in [0.4, 0.5) is 23.7 Å². The van der Waals surface area contributed by atoms with Crippen molar-refractivity contribution < 1.29 is 22.7 Å². The van der Waals surface area contributed by atoms with Crippen molar-refractivity contribution in [3.05, 3.63) is 84.2 Å². The molecule has 0 aliphatic carbocycles. The molecular formula is C24H25Cl2F3N4O2. The molecule has 1 aliphatic heterocycles. The van der Waals surface area contributed by atoms with E-state index in [0.717, 1.165) is 30.8 Å². The fourth-order valence-electron chi connectivity index (χ4n) is 3.56. The van der Waals surface area contributed by atoms with Gasteiger partial charge in [-0.05, 0) is 54.1 Å². The van der Waals surface area contributed by atoms with Crippen LogP contribution < -0.4 is 10.1 Å². The van der Waals surface area contributed by atoms with E-state index in [1.54, 1.807) is 35.5 Å². The summed E-state index contributed by atoms with van der Waals surface area (Å²) in [7, 11) is 0. The summed E-state index contributed by atoms with van der Waals surface area (Å²) in [5.41, 5.74) is 0.972. The predicted octanol–water partition coefficient (Wildman–Crippen LogP) is 6.09. The van der Waals surface area contributed by atoms with Crippen molar-refractivity contribution in [3.63, 3.8) is 0 Å². The Labute approximate surface area is 213 Å². The average Bonchev–Trinajstić information content (AvgIpc) is 2.80. The average molecular weight is 529 g/mol. The molecule has 4 rings (SSSR count). The van der Waals surface area contributed by atoms with Gasteiger partial charge in [0, 0.05) is 38.9 Å². The Balaban J connectivity index is 0.00000216. The Hall–Kier alpha value is -3.01. The molecule has 0 unspecified atom stereocenters. The molecule has 0 bridgehead atoms. The number of anilines is 1. The molecule has 1 saturated heterocycles. The molecule has 1 fully saturated rings. The number of aromatic nitrogens is 1. The largest absolute Gasteiger partial charge is 0.457 e. The number of hydrogen-bond donors (Lipinski definition) is 1. The minimum atomic E-state index is -4.37. The summed E-state index contributed by atoms with van der Waals surface area (Å²) in [5.74, 6) is 0.898. The summed E-state index contributed by atoms with van der Waals surface area (Å²) in [6.45, 7) is 3.35. The first-order valence-electron chi connectivity index (χ1n) is 10.5. The van der Waals surface area contributed by atoms with Crippen LogP contribution in [0, 0.1) is 0 Å². The number of nitrogens with one attached hydrogen (secondary N) is 1. The van der Waals surface area contributed by atoms with Crippen molar-refractivity contribution in [2.24, 2.45) is 0 Å². The van der Waals surface area contributed by atoms with E-state index in [4.69, 9.17) is 4.74 Å². The van der Waals surface area contributed by atoms with Gasteiger partial charge in [-0.25, -0.2) is 4.79 Å². The van der Waals surface area contributed by atoms with E-state index in [-0.39, 0.29) is 30.8 Å². The molecule has 2 amide bonds. The number of urea groups is 1. The molecule has 0 spiro atoms. The molecule has 188 valence electrons. The molecule has 0 radical (unpaired) electrons. The summed E-state index contributed by atoms with van der Waals surface area (Å²) in [6.07, 6.45) is -1.12. The highest BCUT2D eigenvalue weighted by Crippen LogP contribution is 2.31. The van der Waals surface area contributed by atoms with Crippen molar-refractivity contribution in [2.45, 2.75) is 12.7 Å². The zero-order valence-corrected chi connectivity index (χ0v) is 20.2. The molecule has 0 atom stereocenters. The molecule has 11 heteroatoms. The molecule has 1 N–H and O–H groups in total. The van der Waals surface area contributed by atoms with E-state index in [1.807, 2.05) is 18.2 Å². The van der Waals surface area contributed by atoms with Crippen LogP contribution in [0.3, 0.4) is 0 Å². The Morgan fingerprint density at radius 1 is 0.943 bits per heavy atom. The number of carbonyl (C=O) groups is 1. The number of benzene rings is 2. The number of halogens is 5. The van der Waals surface area contributed by atoms with Crippen molar-refractivity contribution >= 4 is 36.5 Å². The minimum Gasteiger partial charge on any atom is -0.457 e. The summed E-state index contributed by atoms with van der Waals surface area (Å²) < 4.78 is 43.9. The number of ether oxygens (including phenoxy) is 1. The van der Waals surface area contributed by atoms with E-state index in [9.17, 15) is 18.0 Å². The fraction of sp³-hybridized carbons (Fsp3) is 0.250. The van der Waals surface area contributed by atoms with Gasteiger partial charge < -0.3 is 15.0 Å². The first-order chi connectivity index (χ1) is 15.9. The zero-order chi connectivity index (χ0) is 23.3. The van der Waals surface area contributed by atoms with Crippen LogP contribution in [0.15, 0.2) is 73.1 Å². The number of pyridine rings is 1. The van der Waals surface area contributed by atoms with Crippen LogP contribution in [-0.2, 0) is 12.7 Å². The maximum Gasteiger partial charge on any atom is 0.416 e. The van der Waals surface area contributed by atoms with Gasteiger partial charge in [-0.1, -0.05) is 12.1 Å². The Morgan fingerprint density at radius 2 is 1.66 bits per heavy atom. The highest BCUT2D eigenvalue weighted by atomic mass is 35.5. The van der Waals surface area contributed by atoms with Crippen molar-refractivity contribution in [2.75, 3.05) is 31.5 Å². The van der Waals surface area contributed by atoms with Gasteiger partial charge in [0.2, 0.25) is 0 Å². The van der Waals surface area contributed by atoms with E-state index in [2.05, 4.69) is 15.2 Å². The van der Waals surface area contributed by atoms with E-state index in [1.165, 1.54) is 12.1 Å². The molecule has 35 heavy (non-hydrogen) atoms. The second-order valence-corrected chi connectivity index (χ2v) is 7.71. The molecule has 6 nitrogen and oxygen atoms in total. The van der Waals surface area contributed by atoms with E-state index in [0.29, 0.717) is 36.8 Å². The fourth-order valence-corrected chi connectivity index (χ4v) is 3.56. The van der Waals surface area contributed by atoms with E-state index < -0.39 is 11.7 Å². The number of piperazine rings is 1. The quantitative estimate of drug-likeness (QED) is 0.435. The first-order valence-corrected chi connectivity index (χ1v) is 10.5. The Morgan fingerprint density at radius 3 is 2.29 bits per heavy atom. The van der Waals surface area contributed by atoms with Crippen molar-refractivity contribution in [1.29, 1.82) is 0 Å². The lowest BCUT2D eigenvalue weighted by atomic mass is 10.2. The molecule has 1 aliphatic rings. The molecule has 1 aromatic heterocycles. The van der Waals surface area contributed by atoms with Crippen LogP contribution in [0.1, 0.15) is 11.1 Å². The van der Waals surface area contributed by atoms with Crippen LogP contribution in [0.2, 0.25) is 0 Å². The third kappa shape index (κ3) is 8.02. The Kier molecular flexibility index (Phi) is 10.2. The number of rotatable bonds is 5. The smallest absolute Gasteiger partial charge is 0.416 e. The van der Waals surface area contributed by atoms with Gasteiger partial charge in [-0.15, -0.1) is 24.8 Å². The SMILES string of the molecule is Cl.Cl.O=C(Nc1cccnc1)N1CCN(Cc2cccc(Oc3ccc(C(F)(F)F)cc3)c2)CC1. The van der Waals surface area contributed by atoms with Gasteiger partial charge in [0.1, 0.15) is 11.5 Å².